The van der Waals surface area contributed by atoms with Crippen LogP contribution in [0.15, 0.2) is 54.6 Å². The molecule has 0 aromatic heterocycles. The second-order valence-corrected chi connectivity index (χ2v) is 7.75. The van der Waals surface area contributed by atoms with Gasteiger partial charge in [0.1, 0.15) is 0 Å². The van der Waals surface area contributed by atoms with Crippen molar-refractivity contribution < 1.29 is 9.59 Å². The van der Waals surface area contributed by atoms with E-state index in [1.807, 2.05) is 56.3 Å². The highest BCUT2D eigenvalue weighted by Gasteiger charge is 2.16. The van der Waals surface area contributed by atoms with Crippen molar-refractivity contribution in [1.82, 2.24) is 5.32 Å². The van der Waals surface area contributed by atoms with Gasteiger partial charge in [-0.2, -0.15) is 0 Å². The van der Waals surface area contributed by atoms with Gasteiger partial charge in [0.2, 0.25) is 11.8 Å². The molecule has 4 nitrogen and oxygen atoms in total. The van der Waals surface area contributed by atoms with E-state index in [0.717, 1.165) is 11.3 Å². The monoisotopic (exact) mass is 370 g/mol. The zero-order chi connectivity index (χ0) is 18.9. The Hall–Kier alpha value is -2.27. The molecular formula is C21H26N2O2S. The lowest BCUT2D eigenvalue weighted by Crippen LogP contribution is -2.34. The van der Waals surface area contributed by atoms with Crippen molar-refractivity contribution in [1.29, 1.82) is 0 Å². The van der Waals surface area contributed by atoms with Gasteiger partial charge in [-0.1, -0.05) is 55.0 Å². The maximum absolute atomic E-state index is 12.2. The highest BCUT2D eigenvalue weighted by atomic mass is 32.2. The first-order valence-corrected chi connectivity index (χ1v) is 9.81. The normalized spacial score (nSPS) is 12.9. The molecule has 2 aromatic carbocycles. The largest absolute Gasteiger partial charge is 0.355 e. The molecule has 0 aliphatic carbocycles. The summed E-state index contributed by atoms with van der Waals surface area (Å²) in [5.74, 6) is 0.357. The summed E-state index contributed by atoms with van der Waals surface area (Å²) in [4.78, 5) is 24.2. The number of nitrogens with one attached hydrogen (secondary N) is 2. The van der Waals surface area contributed by atoms with Crippen LogP contribution in [0.2, 0.25) is 0 Å². The van der Waals surface area contributed by atoms with Gasteiger partial charge in [-0.25, -0.2) is 0 Å². The molecule has 0 aliphatic rings. The van der Waals surface area contributed by atoms with E-state index < -0.39 is 0 Å². The van der Waals surface area contributed by atoms with Crippen molar-refractivity contribution in [3.05, 3.63) is 65.7 Å². The number of hydrogen-bond donors (Lipinski definition) is 2. The summed E-state index contributed by atoms with van der Waals surface area (Å²) < 4.78 is 0. The van der Waals surface area contributed by atoms with Crippen molar-refractivity contribution in [2.75, 3.05) is 17.6 Å². The number of carbonyl (C=O) groups is 2. The third-order valence-electron chi connectivity index (χ3n) is 4.12. The van der Waals surface area contributed by atoms with E-state index >= 15 is 0 Å². The first kappa shape index (κ1) is 20.0. The van der Waals surface area contributed by atoms with Crippen LogP contribution in [0.4, 0.5) is 5.69 Å². The summed E-state index contributed by atoms with van der Waals surface area (Å²) in [5, 5.41) is 5.54. The predicted octanol–water partition coefficient (Wildman–Crippen LogP) is 3.98. The summed E-state index contributed by atoms with van der Waals surface area (Å²) in [6.07, 6.45) is 0. The molecule has 0 spiro atoms. The van der Waals surface area contributed by atoms with Gasteiger partial charge in [0, 0.05) is 12.2 Å². The second kappa shape index (κ2) is 10.0. The fourth-order valence-electron chi connectivity index (χ4n) is 2.41. The van der Waals surface area contributed by atoms with Crippen LogP contribution in [-0.2, 0) is 9.59 Å². The van der Waals surface area contributed by atoms with Crippen LogP contribution < -0.4 is 10.6 Å². The Morgan fingerprint density at radius 1 is 1.00 bits per heavy atom. The SMILES string of the molecule is Cc1ccc(NC(=O)CSC(C)C(=O)NCC(C)c2ccccc2)cc1. The van der Waals surface area contributed by atoms with Crippen LogP contribution in [0.3, 0.4) is 0 Å². The number of carbonyl (C=O) groups excluding carboxylic acids is 2. The van der Waals surface area contributed by atoms with E-state index in [4.69, 9.17) is 0 Å². The first-order valence-electron chi connectivity index (χ1n) is 8.76. The lowest BCUT2D eigenvalue weighted by molar-refractivity contribution is -0.120. The number of rotatable bonds is 8. The number of hydrogen-bond acceptors (Lipinski definition) is 3. The molecule has 26 heavy (non-hydrogen) atoms. The minimum absolute atomic E-state index is 0.0408. The van der Waals surface area contributed by atoms with Crippen LogP contribution in [0.25, 0.3) is 0 Å². The molecule has 0 saturated heterocycles. The van der Waals surface area contributed by atoms with Crippen molar-refractivity contribution in [2.24, 2.45) is 0 Å². The molecule has 0 aliphatic heterocycles. The molecule has 0 bridgehead atoms. The van der Waals surface area contributed by atoms with Gasteiger partial charge >= 0.3 is 0 Å². The second-order valence-electron chi connectivity index (χ2n) is 6.42. The number of anilines is 1. The third kappa shape index (κ3) is 6.56. The van der Waals surface area contributed by atoms with Crippen LogP contribution in [0, 0.1) is 6.92 Å². The zero-order valence-corrected chi connectivity index (χ0v) is 16.3. The molecule has 0 fully saturated rings. The summed E-state index contributed by atoms with van der Waals surface area (Å²) in [6.45, 7) is 6.50. The summed E-state index contributed by atoms with van der Waals surface area (Å²) in [5.41, 5.74) is 3.12. The van der Waals surface area contributed by atoms with Crippen molar-refractivity contribution >= 4 is 29.3 Å². The highest BCUT2D eigenvalue weighted by molar-refractivity contribution is 8.01. The van der Waals surface area contributed by atoms with Crippen LogP contribution in [0.1, 0.15) is 30.9 Å². The Balaban J connectivity index is 1.71. The molecule has 5 heteroatoms. The van der Waals surface area contributed by atoms with Crippen molar-refractivity contribution in [2.45, 2.75) is 31.9 Å². The quantitative estimate of drug-likeness (QED) is 0.739. The predicted molar refractivity (Wildman–Crippen MR) is 110 cm³/mol. The van der Waals surface area contributed by atoms with E-state index in [1.54, 1.807) is 0 Å². The average Bonchev–Trinajstić information content (AvgIpc) is 2.66. The minimum atomic E-state index is -0.276. The zero-order valence-electron chi connectivity index (χ0n) is 15.5. The molecule has 2 aromatic rings. The number of amides is 2. The fourth-order valence-corrected chi connectivity index (χ4v) is 3.12. The van der Waals surface area contributed by atoms with Gasteiger partial charge < -0.3 is 10.6 Å². The first-order chi connectivity index (χ1) is 12.5. The van der Waals surface area contributed by atoms with Crippen LogP contribution in [0.5, 0.6) is 0 Å². The Kier molecular flexibility index (Phi) is 7.73. The van der Waals surface area contributed by atoms with E-state index in [2.05, 4.69) is 29.7 Å². The molecule has 2 atom stereocenters. The van der Waals surface area contributed by atoms with E-state index in [-0.39, 0.29) is 28.7 Å². The van der Waals surface area contributed by atoms with Gasteiger partial charge in [-0.05, 0) is 37.5 Å². The molecular weight excluding hydrogens is 344 g/mol. The standard InChI is InChI=1S/C21H26N2O2S/c1-15-9-11-19(12-10-15)23-20(24)14-26-17(3)21(25)22-13-16(2)18-7-5-4-6-8-18/h4-12,16-17H,13-14H2,1-3H3,(H,22,25)(H,23,24). The average molecular weight is 371 g/mol. The lowest BCUT2D eigenvalue weighted by atomic mass is 10.0. The maximum atomic E-state index is 12.2. The number of aryl methyl sites for hydroxylation is 1. The molecule has 2 rings (SSSR count). The topological polar surface area (TPSA) is 58.2 Å². The Morgan fingerprint density at radius 3 is 2.31 bits per heavy atom. The smallest absolute Gasteiger partial charge is 0.234 e. The lowest BCUT2D eigenvalue weighted by Gasteiger charge is -2.16. The molecule has 2 N–H and O–H groups in total. The maximum Gasteiger partial charge on any atom is 0.234 e. The Morgan fingerprint density at radius 2 is 1.65 bits per heavy atom. The number of thioether (sulfide) groups is 1. The van der Waals surface area contributed by atoms with Gasteiger partial charge in [0.05, 0.1) is 11.0 Å². The van der Waals surface area contributed by atoms with Gasteiger partial charge in [-0.15, -0.1) is 11.8 Å². The minimum Gasteiger partial charge on any atom is -0.355 e. The van der Waals surface area contributed by atoms with E-state index in [9.17, 15) is 9.59 Å². The van der Waals surface area contributed by atoms with Crippen LogP contribution in [-0.4, -0.2) is 29.4 Å². The van der Waals surface area contributed by atoms with E-state index in [1.165, 1.54) is 17.3 Å². The summed E-state index contributed by atoms with van der Waals surface area (Å²) in [6, 6.07) is 17.7. The molecule has 2 amide bonds. The molecule has 0 heterocycles. The van der Waals surface area contributed by atoms with Crippen molar-refractivity contribution in [3.63, 3.8) is 0 Å². The molecule has 138 valence electrons. The van der Waals surface area contributed by atoms with E-state index in [0.29, 0.717) is 6.54 Å². The molecule has 0 radical (unpaired) electrons. The highest BCUT2D eigenvalue weighted by Crippen LogP contribution is 2.15. The van der Waals surface area contributed by atoms with Crippen LogP contribution >= 0.6 is 11.8 Å². The third-order valence-corrected chi connectivity index (χ3v) is 5.26. The molecule has 2 unspecified atom stereocenters. The summed E-state index contributed by atoms with van der Waals surface area (Å²) in [7, 11) is 0. The molecule has 0 saturated carbocycles. The van der Waals surface area contributed by atoms with Gasteiger partial charge in [0.15, 0.2) is 0 Å². The fraction of sp³-hybridized carbons (Fsp3) is 0.333. The summed E-state index contributed by atoms with van der Waals surface area (Å²) >= 11 is 1.34. The van der Waals surface area contributed by atoms with Crippen molar-refractivity contribution in [3.8, 4) is 0 Å². The number of benzene rings is 2. The van der Waals surface area contributed by atoms with Gasteiger partial charge in [0.25, 0.3) is 0 Å². The Bertz CT molecular complexity index is 717. The Labute approximate surface area is 159 Å². The van der Waals surface area contributed by atoms with Gasteiger partial charge in [-0.3, -0.25) is 9.59 Å².